The number of hydrogen-bond acceptors (Lipinski definition) is 4. The standard InChI is InChI=1S/C31H24N4O2/c36-28(32-34-30-24-13-5-1-9-20(24)17-21-10-2-6-14-25(21)30)19-29(37)33-35-31-26-15-7-3-11-22(26)18-23-12-4-8-16-27(23)31/h1-16H,17-19H2,(H,32,36)(H,33,37). The number of carbonyl (C=O) groups excluding carboxylic acids is 2. The fourth-order valence-electron chi connectivity index (χ4n) is 5.02. The molecule has 2 aliphatic carbocycles. The molecule has 4 aromatic rings. The van der Waals surface area contributed by atoms with E-state index in [2.05, 4.69) is 45.3 Å². The van der Waals surface area contributed by atoms with Crippen molar-refractivity contribution >= 4 is 23.2 Å². The van der Waals surface area contributed by atoms with Crippen LogP contribution in [0.1, 0.15) is 50.9 Å². The van der Waals surface area contributed by atoms with Crippen LogP contribution < -0.4 is 10.9 Å². The number of benzene rings is 4. The molecule has 0 unspecified atom stereocenters. The molecule has 0 spiro atoms. The van der Waals surface area contributed by atoms with Gasteiger partial charge >= 0.3 is 0 Å². The van der Waals surface area contributed by atoms with E-state index < -0.39 is 11.8 Å². The van der Waals surface area contributed by atoms with Gasteiger partial charge in [0.15, 0.2) is 0 Å². The molecule has 0 bridgehead atoms. The zero-order valence-corrected chi connectivity index (χ0v) is 20.1. The van der Waals surface area contributed by atoms with Crippen molar-refractivity contribution in [2.45, 2.75) is 19.3 Å². The third-order valence-corrected chi connectivity index (χ3v) is 6.76. The van der Waals surface area contributed by atoms with Gasteiger partial charge in [-0.1, -0.05) is 97.1 Å². The molecule has 6 heteroatoms. The average molecular weight is 485 g/mol. The Bertz CT molecular complexity index is 1390. The van der Waals surface area contributed by atoms with E-state index in [4.69, 9.17) is 0 Å². The molecular weight excluding hydrogens is 460 g/mol. The van der Waals surface area contributed by atoms with Crippen molar-refractivity contribution in [3.8, 4) is 0 Å². The van der Waals surface area contributed by atoms with Gasteiger partial charge in [-0.15, -0.1) is 0 Å². The Morgan fingerprint density at radius 1 is 0.514 bits per heavy atom. The molecule has 0 radical (unpaired) electrons. The Morgan fingerprint density at radius 3 is 1.14 bits per heavy atom. The molecular formula is C31H24N4O2. The van der Waals surface area contributed by atoms with Crippen LogP contribution in [0.15, 0.2) is 107 Å². The molecule has 0 saturated carbocycles. The van der Waals surface area contributed by atoms with Crippen LogP contribution in [0.5, 0.6) is 0 Å². The van der Waals surface area contributed by atoms with Gasteiger partial charge in [0.2, 0.25) is 11.8 Å². The number of hydrazone groups is 2. The molecule has 4 aromatic carbocycles. The van der Waals surface area contributed by atoms with E-state index in [0.717, 1.165) is 57.3 Å². The highest BCUT2D eigenvalue weighted by molar-refractivity contribution is 6.17. The number of hydrogen-bond donors (Lipinski definition) is 2. The third kappa shape index (κ3) is 4.45. The van der Waals surface area contributed by atoms with E-state index in [9.17, 15) is 9.59 Å². The number of carbonyl (C=O) groups is 2. The first kappa shape index (κ1) is 22.6. The summed E-state index contributed by atoms with van der Waals surface area (Å²) in [5.41, 5.74) is 15.1. The molecule has 0 atom stereocenters. The summed E-state index contributed by atoms with van der Waals surface area (Å²) in [4.78, 5) is 25.3. The SMILES string of the molecule is O=C(CC(=O)NN=C1c2ccccc2Cc2ccccc21)NN=C1c2ccccc2Cc2ccccc21. The van der Waals surface area contributed by atoms with Gasteiger partial charge in [-0.3, -0.25) is 9.59 Å². The van der Waals surface area contributed by atoms with Gasteiger partial charge < -0.3 is 0 Å². The molecule has 6 rings (SSSR count). The Hall–Kier alpha value is -4.84. The van der Waals surface area contributed by atoms with Crippen LogP contribution in [0.4, 0.5) is 0 Å². The highest BCUT2D eigenvalue weighted by Crippen LogP contribution is 2.28. The second-order valence-electron chi connectivity index (χ2n) is 9.15. The zero-order chi connectivity index (χ0) is 25.2. The fourth-order valence-corrected chi connectivity index (χ4v) is 5.02. The second-order valence-corrected chi connectivity index (χ2v) is 9.15. The van der Waals surface area contributed by atoms with Crippen LogP contribution in [0.25, 0.3) is 0 Å². The number of rotatable bonds is 4. The lowest BCUT2D eigenvalue weighted by Gasteiger charge is -2.21. The van der Waals surface area contributed by atoms with Gasteiger partial charge in [0, 0.05) is 22.3 Å². The highest BCUT2D eigenvalue weighted by Gasteiger charge is 2.23. The number of amides is 2. The van der Waals surface area contributed by atoms with Crippen LogP contribution in [0.3, 0.4) is 0 Å². The maximum absolute atomic E-state index is 12.6. The van der Waals surface area contributed by atoms with Crippen molar-refractivity contribution in [2.75, 3.05) is 0 Å². The smallest absolute Gasteiger partial charge is 0.249 e. The van der Waals surface area contributed by atoms with Crippen molar-refractivity contribution in [3.05, 3.63) is 142 Å². The first-order chi connectivity index (χ1) is 18.2. The molecule has 0 fully saturated rings. The van der Waals surface area contributed by atoms with E-state index in [1.54, 1.807) is 0 Å². The van der Waals surface area contributed by atoms with Gasteiger partial charge in [0.25, 0.3) is 0 Å². The van der Waals surface area contributed by atoms with Crippen LogP contribution in [0.2, 0.25) is 0 Å². The number of nitrogens with one attached hydrogen (secondary N) is 2. The highest BCUT2D eigenvalue weighted by atomic mass is 16.2. The predicted molar refractivity (Wildman–Crippen MR) is 144 cm³/mol. The minimum absolute atomic E-state index is 0.389. The Morgan fingerprint density at radius 2 is 0.811 bits per heavy atom. The van der Waals surface area contributed by atoms with Crippen molar-refractivity contribution < 1.29 is 9.59 Å². The lowest BCUT2D eigenvalue weighted by Crippen LogP contribution is -2.30. The zero-order valence-electron chi connectivity index (χ0n) is 20.1. The van der Waals surface area contributed by atoms with Crippen LogP contribution in [-0.4, -0.2) is 23.2 Å². The fraction of sp³-hybridized carbons (Fsp3) is 0.0968. The van der Waals surface area contributed by atoms with Crippen LogP contribution in [-0.2, 0) is 22.4 Å². The predicted octanol–water partition coefficient (Wildman–Crippen LogP) is 4.32. The van der Waals surface area contributed by atoms with Crippen molar-refractivity contribution in [2.24, 2.45) is 10.2 Å². The lowest BCUT2D eigenvalue weighted by atomic mass is 9.85. The van der Waals surface area contributed by atoms with Crippen molar-refractivity contribution in [1.29, 1.82) is 0 Å². The maximum Gasteiger partial charge on any atom is 0.249 e. The molecule has 0 heterocycles. The summed E-state index contributed by atoms with van der Waals surface area (Å²) in [6.07, 6.45) is 1.24. The molecule has 0 saturated heterocycles. The third-order valence-electron chi connectivity index (χ3n) is 6.76. The minimum atomic E-state index is -0.504. The van der Waals surface area contributed by atoms with E-state index in [1.807, 2.05) is 72.8 Å². The Kier molecular flexibility index (Phi) is 5.91. The van der Waals surface area contributed by atoms with Crippen LogP contribution >= 0.6 is 0 Å². The van der Waals surface area contributed by atoms with Gasteiger partial charge in [0.1, 0.15) is 6.42 Å². The van der Waals surface area contributed by atoms with E-state index in [1.165, 1.54) is 0 Å². The second kappa shape index (κ2) is 9.66. The van der Waals surface area contributed by atoms with Crippen molar-refractivity contribution in [1.82, 2.24) is 10.9 Å². The summed E-state index contributed by atoms with van der Waals surface area (Å²) >= 11 is 0. The topological polar surface area (TPSA) is 82.9 Å². The molecule has 6 nitrogen and oxygen atoms in total. The summed E-state index contributed by atoms with van der Waals surface area (Å²) in [6, 6.07) is 32.1. The van der Waals surface area contributed by atoms with E-state index in [0.29, 0.717) is 11.4 Å². The van der Waals surface area contributed by atoms with E-state index in [-0.39, 0.29) is 6.42 Å². The molecule has 37 heavy (non-hydrogen) atoms. The first-order valence-corrected chi connectivity index (χ1v) is 12.2. The lowest BCUT2D eigenvalue weighted by molar-refractivity contribution is -0.129. The number of fused-ring (bicyclic) bond motifs is 4. The Balaban J connectivity index is 1.19. The van der Waals surface area contributed by atoms with Crippen LogP contribution in [0, 0.1) is 0 Å². The molecule has 2 amide bonds. The maximum atomic E-state index is 12.6. The van der Waals surface area contributed by atoms with Crippen molar-refractivity contribution in [3.63, 3.8) is 0 Å². The minimum Gasteiger partial charge on any atom is -0.273 e. The molecule has 2 aliphatic rings. The first-order valence-electron chi connectivity index (χ1n) is 12.2. The molecule has 0 aliphatic heterocycles. The monoisotopic (exact) mass is 484 g/mol. The largest absolute Gasteiger partial charge is 0.273 e. The molecule has 2 N–H and O–H groups in total. The Labute approximate surface area is 214 Å². The average Bonchev–Trinajstić information content (AvgIpc) is 2.93. The summed E-state index contributed by atoms with van der Waals surface area (Å²) in [6.45, 7) is 0. The summed E-state index contributed by atoms with van der Waals surface area (Å²) < 4.78 is 0. The van der Waals surface area contributed by atoms with Gasteiger partial charge in [-0.05, 0) is 35.1 Å². The summed E-state index contributed by atoms with van der Waals surface area (Å²) in [7, 11) is 0. The summed E-state index contributed by atoms with van der Waals surface area (Å²) in [5, 5.41) is 8.86. The molecule has 180 valence electrons. The van der Waals surface area contributed by atoms with Gasteiger partial charge in [-0.2, -0.15) is 10.2 Å². The summed E-state index contributed by atoms with van der Waals surface area (Å²) in [5.74, 6) is -1.01. The van der Waals surface area contributed by atoms with Gasteiger partial charge in [0.05, 0.1) is 11.4 Å². The number of nitrogens with zero attached hydrogens (tertiary/aromatic N) is 2. The van der Waals surface area contributed by atoms with E-state index >= 15 is 0 Å². The molecule has 0 aromatic heterocycles. The van der Waals surface area contributed by atoms with Gasteiger partial charge in [-0.25, -0.2) is 10.9 Å². The quantitative estimate of drug-likeness (QED) is 0.289. The normalized spacial score (nSPS) is 12.9.